The number of carbonyl (C=O) groups is 2. The molecule has 1 spiro atoms. The fourth-order valence-corrected chi connectivity index (χ4v) is 5.33. The molecule has 0 radical (unpaired) electrons. The number of hydrogen-bond acceptors (Lipinski definition) is 6. The van der Waals surface area contributed by atoms with Gasteiger partial charge in [-0.1, -0.05) is 29.8 Å². The first-order valence-corrected chi connectivity index (χ1v) is 12.0. The lowest BCUT2D eigenvalue weighted by molar-refractivity contribution is -0.120. The molecular formula is C27H23ClN4O4. The molecule has 2 aliphatic rings. The number of halogens is 1. The van der Waals surface area contributed by atoms with E-state index in [1.807, 2.05) is 30.3 Å². The van der Waals surface area contributed by atoms with Crippen LogP contribution in [0.5, 0.6) is 11.5 Å². The number of ketones is 1. The van der Waals surface area contributed by atoms with E-state index >= 15 is 0 Å². The Kier molecular flexibility index (Phi) is 5.43. The summed E-state index contributed by atoms with van der Waals surface area (Å²) in [6.45, 7) is 0. The largest absolute Gasteiger partial charge is 0.457 e. The molecule has 9 heteroatoms. The number of aromatic nitrogens is 2. The van der Waals surface area contributed by atoms with Gasteiger partial charge in [-0.25, -0.2) is 4.98 Å². The monoisotopic (exact) mass is 502 g/mol. The SMILES string of the molecule is CO[C@H]1CC[C@@]2(C1)Nc1c(cnc3[nH]cc(C(=O)c4ccc(Oc5ccccc5)cc4Cl)c13)NC2=O. The average molecular weight is 503 g/mol. The molecule has 4 aromatic rings. The smallest absolute Gasteiger partial charge is 0.250 e. The van der Waals surface area contributed by atoms with Gasteiger partial charge in [0.25, 0.3) is 0 Å². The Hall–Kier alpha value is -3.88. The van der Waals surface area contributed by atoms with Crippen LogP contribution in [0.1, 0.15) is 35.2 Å². The summed E-state index contributed by atoms with van der Waals surface area (Å²) in [5.41, 5.74) is 1.69. The van der Waals surface area contributed by atoms with E-state index in [2.05, 4.69) is 20.6 Å². The molecule has 2 aromatic heterocycles. The van der Waals surface area contributed by atoms with Gasteiger partial charge in [0.05, 0.1) is 39.6 Å². The molecule has 1 fully saturated rings. The summed E-state index contributed by atoms with van der Waals surface area (Å²) >= 11 is 6.54. The van der Waals surface area contributed by atoms with Gasteiger partial charge in [-0.05, 0) is 37.1 Å². The van der Waals surface area contributed by atoms with E-state index in [1.165, 1.54) is 0 Å². The van der Waals surface area contributed by atoms with Gasteiger partial charge < -0.3 is 25.1 Å². The molecule has 36 heavy (non-hydrogen) atoms. The van der Waals surface area contributed by atoms with Crippen molar-refractivity contribution in [3.05, 3.63) is 77.1 Å². The molecular weight excluding hydrogens is 480 g/mol. The van der Waals surface area contributed by atoms with Crippen LogP contribution >= 0.6 is 11.6 Å². The lowest BCUT2D eigenvalue weighted by atomic mass is 9.92. The quantitative estimate of drug-likeness (QED) is 0.309. The minimum atomic E-state index is -0.798. The van der Waals surface area contributed by atoms with Gasteiger partial charge in [0.2, 0.25) is 5.91 Å². The third-order valence-corrected chi connectivity index (χ3v) is 7.27. The zero-order valence-electron chi connectivity index (χ0n) is 19.4. The molecule has 1 aliphatic carbocycles. The second kappa shape index (κ2) is 8.65. The normalized spacial score (nSPS) is 20.7. The van der Waals surface area contributed by atoms with Crippen molar-refractivity contribution in [2.75, 3.05) is 17.7 Å². The van der Waals surface area contributed by atoms with Crippen LogP contribution in [0, 0.1) is 0 Å². The summed E-state index contributed by atoms with van der Waals surface area (Å²) < 4.78 is 11.3. The first-order chi connectivity index (χ1) is 17.5. The van der Waals surface area contributed by atoms with Gasteiger partial charge in [0.15, 0.2) is 5.78 Å². The molecule has 0 bridgehead atoms. The van der Waals surface area contributed by atoms with Crippen molar-refractivity contribution in [3.8, 4) is 11.5 Å². The predicted octanol–water partition coefficient (Wildman–Crippen LogP) is 5.54. The number of anilines is 2. The van der Waals surface area contributed by atoms with Crippen LogP contribution in [0.4, 0.5) is 11.4 Å². The van der Waals surface area contributed by atoms with E-state index in [9.17, 15) is 9.59 Å². The molecule has 3 heterocycles. The number of amides is 1. The maximum atomic E-state index is 13.7. The number of pyridine rings is 1. The minimum absolute atomic E-state index is 0.00937. The van der Waals surface area contributed by atoms with Crippen LogP contribution in [0.3, 0.4) is 0 Å². The van der Waals surface area contributed by atoms with Crippen LogP contribution < -0.4 is 15.4 Å². The number of aromatic amines is 1. The molecule has 8 nitrogen and oxygen atoms in total. The molecule has 2 aromatic carbocycles. The van der Waals surface area contributed by atoms with Gasteiger partial charge >= 0.3 is 0 Å². The summed E-state index contributed by atoms with van der Waals surface area (Å²) in [6, 6.07) is 14.3. The van der Waals surface area contributed by atoms with Gasteiger partial charge in [0, 0.05) is 31.4 Å². The number of rotatable bonds is 5. The fourth-order valence-electron chi connectivity index (χ4n) is 5.07. The first-order valence-electron chi connectivity index (χ1n) is 11.7. The Morgan fingerprint density at radius 3 is 2.72 bits per heavy atom. The minimum Gasteiger partial charge on any atom is -0.457 e. The number of carbonyl (C=O) groups excluding carboxylic acids is 2. The van der Waals surface area contributed by atoms with Crippen LogP contribution in [-0.2, 0) is 9.53 Å². The van der Waals surface area contributed by atoms with Gasteiger partial charge in [-0.3, -0.25) is 9.59 Å². The van der Waals surface area contributed by atoms with E-state index in [0.29, 0.717) is 57.9 Å². The molecule has 182 valence electrons. The predicted molar refractivity (Wildman–Crippen MR) is 137 cm³/mol. The Morgan fingerprint density at radius 1 is 1.14 bits per heavy atom. The Labute approximate surface area is 212 Å². The third-order valence-electron chi connectivity index (χ3n) is 6.96. The second-order valence-corrected chi connectivity index (χ2v) is 9.53. The number of ether oxygens (including phenoxy) is 2. The molecule has 1 saturated carbocycles. The molecule has 1 amide bonds. The number of hydrogen-bond donors (Lipinski definition) is 3. The summed E-state index contributed by atoms with van der Waals surface area (Å²) in [6.07, 6.45) is 5.15. The lowest BCUT2D eigenvalue weighted by Crippen LogP contribution is -2.51. The maximum Gasteiger partial charge on any atom is 0.250 e. The number of H-pyrrole nitrogens is 1. The van der Waals surface area contributed by atoms with Crippen LogP contribution in [-0.4, -0.2) is 40.4 Å². The molecule has 0 unspecified atom stereocenters. The van der Waals surface area contributed by atoms with E-state index in [4.69, 9.17) is 21.1 Å². The van der Waals surface area contributed by atoms with E-state index in [1.54, 1.807) is 37.7 Å². The molecule has 3 N–H and O–H groups in total. The zero-order chi connectivity index (χ0) is 24.9. The number of nitrogens with one attached hydrogen (secondary N) is 3. The molecule has 0 saturated heterocycles. The number of para-hydroxylation sites is 1. The van der Waals surface area contributed by atoms with Crippen molar-refractivity contribution in [2.45, 2.75) is 30.9 Å². The molecule has 2 atom stereocenters. The van der Waals surface area contributed by atoms with E-state index in [0.717, 1.165) is 6.42 Å². The lowest BCUT2D eigenvalue weighted by Gasteiger charge is -2.36. The molecule has 1 aliphatic heterocycles. The van der Waals surface area contributed by atoms with Crippen molar-refractivity contribution >= 4 is 45.7 Å². The molecule has 6 rings (SSSR count). The van der Waals surface area contributed by atoms with E-state index < -0.39 is 5.54 Å². The van der Waals surface area contributed by atoms with Gasteiger partial charge in [0.1, 0.15) is 22.7 Å². The Bertz CT molecular complexity index is 1500. The second-order valence-electron chi connectivity index (χ2n) is 9.12. The standard InChI is InChI=1S/C27H23ClN4O4/c1-35-17-9-10-27(12-17)26(34)31-21-14-30-25-22(23(21)32-27)19(13-29-25)24(33)18-8-7-16(11-20(18)28)36-15-5-3-2-4-6-15/h2-8,11,13-14,17,32H,9-10,12H2,1H3,(H,29,30)(H,31,34)/t17-,27-/m0/s1. The summed E-state index contributed by atoms with van der Waals surface area (Å²) in [5, 5.41) is 7.32. The maximum absolute atomic E-state index is 13.7. The Balaban J connectivity index is 1.36. The van der Waals surface area contributed by atoms with Crippen LogP contribution in [0.15, 0.2) is 60.9 Å². The number of fused-ring (bicyclic) bond motifs is 3. The van der Waals surface area contributed by atoms with Gasteiger partial charge in [-0.2, -0.15) is 0 Å². The van der Waals surface area contributed by atoms with Gasteiger partial charge in [-0.15, -0.1) is 0 Å². The summed E-state index contributed by atoms with van der Waals surface area (Å²) in [5.74, 6) is 0.824. The highest BCUT2D eigenvalue weighted by atomic mass is 35.5. The Morgan fingerprint density at radius 2 is 1.97 bits per heavy atom. The number of methoxy groups -OCH3 is 1. The first kappa shape index (κ1) is 22.6. The van der Waals surface area contributed by atoms with Crippen LogP contribution in [0.2, 0.25) is 5.02 Å². The zero-order valence-corrected chi connectivity index (χ0v) is 20.2. The van der Waals surface area contributed by atoms with Crippen molar-refractivity contribution in [3.63, 3.8) is 0 Å². The topological polar surface area (TPSA) is 105 Å². The third kappa shape index (κ3) is 3.70. The summed E-state index contributed by atoms with van der Waals surface area (Å²) in [4.78, 5) is 34.2. The fraction of sp³-hybridized carbons (Fsp3) is 0.222. The number of benzene rings is 2. The average Bonchev–Trinajstić information content (AvgIpc) is 3.51. The number of nitrogens with zero attached hydrogens (tertiary/aromatic N) is 1. The van der Waals surface area contributed by atoms with E-state index in [-0.39, 0.29) is 22.8 Å². The highest BCUT2D eigenvalue weighted by Gasteiger charge is 2.48. The van der Waals surface area contributed by atoms with Crippen molar-refractivity contribution < 1.29 is 19.1 Å². The van der Waals surface area contributed by atoms with Crippen molar-refractivity contribution in [1.29, 1.82) is 0 Å². The highest BCUT2D eigenvalue weighted by molar-refractivity contribution is 6.36. The van der Waals surface area contributed by atoms with Crippen LogP contribution in [0.25, 0.3) is 11.0 Å². The highest BCUT2D eigenvalue weighted by Crippen LogP contribution is 2.44. The van der Waals surface area contributed by atoms with Crippen molar-refractivity contribution in [1.82, 2.24) is 9.97 Å². The van der Waals surface area contributed by atoms with Crippen molar-refractivity contribution in [2.24, 2.45) is 0 Å². The summed E-state index contributed by atoms with van der Waals surface area (Å²) in [7, 11) is 1.66.